The Balaban J connectivity index is 0.000000561. The molecule has 1 aromatic heterocycles. The molecule has 0 spiro atoms. The highest BCUT2D eigenvalue weighted by Gasteiger charge is 2.00. The fourth-order valence-electron chi connectivity index (χ4n) is 0.511. The molecule has 0 saturated heterocycles. The van der Waals surface area contributed by atoms with Crippen LogP contribution >= 0.6 is 0 Å². The van der Waals surface area contributed by atoms with Gasteiger partial charge in [0.05, 0.1) is 0 Å². The summed E-state index contributed by atoms with van der Waals surface area (Å²) in [6.07, 6.45) is 1.38. The molecule has 0 atom stereocenters. The van der Waals surface area contributed by atoms with Crippen molar-refractivity contribution in [2.24, 2.45) is 5.73 Å². The predicted octanol–water partition coefficient (Wildman–Crippen LogP) is 0.184. The van der Waals surface area contributed by atoms with E-state index in [0.29, 0.717) is 0 Å². The van der Waals surface area contributed by atoms with Crippen LogP contribution in [0.25, 0.3) is 0 Å². The highest BCUT2D eigenvalue weighted by atomic mass is 16.1. The Bertz CT molecular complexity index is 261. The van der Waals surface area contributed by atoms with Gasteiger partial charge in [-0.2, -0.15) is 0 Å². The number of nitrogen functional groups attached to an aromatic ring is 1. The molecule has 5 nitrogen and oxygen atoms in total. The molecular weight excluding hydrogens is 156 g/mol. The lowest BCUT2D eigenvalue weighted by Gasteiger charge is -1.92. The first kappa shape index (κ1) is 10.3. The molecule has 0 fully saturated rings. The molecule has 0 aliphatic rings. The smallest absolute Gasteiger partial charge is 0.267 e. The minimum Gasteiger partial charge on any atom is -0.368 e. The number of nitrogens with two attached hydrogens (primary N) is 2. The quantitative estimate of drug-likeness (QED) is 0.625. The fourth-order valence-corrected chi connectivity index (χ4v) is 0.511. The van der Waals surface area contributed by atoms with Gasteiger partial charge in [-0.3, -0.25) is 4.79 Å². The maximum atomic E-state index is 10.4. The zero-order valence-electron chi connectivity index (χ0n) is 7.11. The second-order valence-electron chi connectivity index (χ2n) is 1.66. The third-order valence-electron chi connectivity index (χ3n) is 0.927. The van der Waals surface area contributed by atoms with E-state index in [1.54, 1.807) is 0 Å². The van der Waals surface area contributed by atoms with Crippen LogP contribution < -0.4 is 11.5 Å². The van der Waals surface area contributed by atoms with Crippen molar-refractivity contribution in [2.45, 2.75) is 13.8 Å². The minimum atomic E-state index is -0.603. The highest BCUT2D eigenvalue weighted by molar-refractivity contribution is 5.90. The first-order valence-corrected chi connectivity index (χ1v) is 3.58. The van der Waals surface area contributed by atoms with Gasteiger partial charge in [0.1, 0.15) is 5.69 Å². The normalized spacial score (nSPS) is 8.17. The van der Waals surface area contributed by atoms with Crippen LogP contribution in [0.15, 0.2) is 12.3 Å². The summed E-state index contributed by atoms with van der Waals surface area (Å²) in [6.45, 7) is 4.00. The van der Waals surface area contributed by atoms with E-state index in [9.17, 15) is 4.79 Å². The number of carbonyl (C=O) groups is 1. The summed E-state index contributed by atoms with van der Waals surface area (Å²) in [6, 6.07) is 1.40. The van der Waals surface area contributed by atoms with Crippen molar-refractivity contribution in [3.8, 4) is 0 Å². The molecule has 1 amide bonds. The van der Waals surface area contributed by atoms with Crippen molar-refractivity contribution in [3.05, 3.63) is 18.0 Å². The molecule has 0 aliphatic carbocycles. The van der Waals surface area contributed by atoms with Crippen molar-refractivity contribution >= 4 is 11.9 Å². The van der Waals surface area contributed by atoms with Crippen LogP contribution in [0.2, 0.25) is 0 Å². The van der Waals surface area contributed by atoms with Crippen molar-refractivity contribution in [2.75, 3.05) is 5.73 Å². The van der Waals surface area contributed by atoms with E-state index in [0.717, 1.165) is 0 Å². The van der Waals surface area contributed by atoms with Crippen LogP contribution in [-0.2, 0) is 0 Å². The van der Waals surface area contributed by atoms with Crippen molar-refractivity contribution in [3.63, 3.8) is 0 Å². The van der Waals surface area contributed by atoms with Crippen molar-refractivity contribution in [1.29, 1.82) is 0 Å². The first-order chi connectivity index (χ1) is 5.70. The Hall–Kier alpha value is -1.65. The van der Waals surface area contributed by atoms with E-state index in [1.807, 2.05) is 13.8 Å². The number of primary amides is 1. The Morgan fingerprint density at radius 3 is 2.42 bits per heavy atom. The van der Waals surface area contributed by atoms with Crippen molar-refractivity contribution in [1.82, 2.24) is 9.97 Å². The summed E-state index contributed by atoms with van der Waals surface area (Å²) in [7, 11) is 0. The Kier molecular flexibility index (Phi) is 4.36. The van der Waals surface area contributed by atoms with Gasteiger partial charge in [0.2, 0.25) is 5.95 Å². The maximum Gasteiger partial charge on any atom is 0.267 e. The number of nitrogens with zero attached hydrogens (tertiary/aromatic N) is 2. The average Bonchev–Trinajstić information content (AvgIpc) is 2.08. The number of rotatable bonds is 1. The number of anilines is 1. The van der Waals surface area contributed by atoms with Gasteiger partial charge < -0.3 is 11.5 Å². The summed E-state index contributed by atoms with van der Waals surface area (Å²) in [5, 5.41) is 0. The third kappa shape index (κ3) is 2.96. The Morgan fingerprint density at radius 2 is 2.08 bits per heavy atom. The fraction of sp³-hybridized carbons (Fsp3) is 0.286. The Morgan fingerprint density at radius 1 is 1.50 bits per heavy atom. The van der Waals surface area contributed by atoms with Crippen LogP contribution in [-0.4, -0.2) is 15.9 Å². The van der Waals surface area contributed by atoms with E-state index in [4.69, 9.17) is 11.5 Å². The number of aromatic nitrogens is 2. The number of amides is 1. The number of hydrogen-bond acceptors (Lipinski definition) is 4. The van der Waals surface area contributed by atoms with Gasteiger partial charge in [-0.1, -0.05) is 13.8 Å². The second kappa shape index (κ2) is 5.06. The van der Waals surface area contributed by atoms with Gasteiger partial charge in [0.25, 0.3) is 5.91 Å². The van der Waals surface area contributed by atoms with Gasteiger partial charge >= 0.3 is 0 Å². The molecule has 66 valence electrons. The van der Waals surface area contributed by atoms with E-state index in [-0.39, 0.29) is 11.6 Å². The molecule has 5 heteroatoms. The lowest BCUT2D eigenvalue weighted by molar-refractivity contribution is 0.0995. The van der Waals surface area contributed by atoms with E-state index in [2.05, 4.69) is 9.97 Å². The summed E-state index contributed by atoms with van der Waals surface area (Å²) < 4.78 is 0. The lowest BCUT2D eigenvalue weighted by atomic mass is 10.4. The molecular formula is C7H12N4O. The van der Waals surface area contributed by atoms with Crippen molar-refractivity contribution < 1.29 is 4.79 Å². The highest BCUT2D eigenvalue weighted by Crippen LogP contribution is 1.93. The standard InChI is InChI=1S/C5H6N4O.C2H6/c6-4(10)3-1-2-8-5(7)9-3;1-2/h1-2H,(H2,6,10)(H2,7,8,9);1-2H3. The molecule has 0 radical (unpaired) electrons. The molecule has 1 rings (SSSR count). The number of carbonyl (C=O) groups excluding carboxylic acids is 1. The summed E-state index contributed by atoms with van der Waals surface area (Å²) in [5.41, 5.74) is 10.2. The average molecular weight is 168 g/mol. The molecule has 0 aromatic carbocycles. The topological polar surface area (TPSA) is 94.9 Å². The van der Waals surface area contributed by atoms with Gasteiger partial charge in [-0.05, 0) is 6.07 Å². The van der Waals surface area contributed by atoms with Crippen LogP contribution in [0.5, 0.6) is 0 Å². The number of hydrogen-bond donors (Lipinski definition) is 2. The van der Waals surface area contributed by atoms with Crippen LogP contribution in [0.4, 0.5) is 5.95 Å². The molecule has 0 saturated carbocycles. The van der Waals surface area contributed by atoms with E-state index in [1.165, 1.54) is 12.3 Å². The van der Waals surface area contributed by atoms with Gasteiger partial charge in [0.15, 0.2) is 0 Å². The maximum absolute atomic E-state index is 10.4. The van der Waals surface area contributed by atoms with Gasteiger partial charge in [0, 0.05) is 6.20 Å². The third-order valence-corrected chi connectivity index (χ3v) is 0.927. The summed E-state index contributed by atoms with van der Waals surface area (Å²) in [4.78, 5) is 17.6. The van der Waals surface area contributed by atoms with Gasteiger partial charge in [-0.25, -0.2) is 9.97 Å². The van der Waals surface area contributed by atoms with E-state index >= 15 is 0 Å². The largest absolute Gasteiger partial charge is 0.368 e. The molecule has 12 heavy (non-hydrogen) atoms. The zero-order chi connectivity index (χ0) is 9.56. The predicted molar refractivity (Wildman–Crippen MR) is 46.3 cm³/mol. The molecule has 0 bridgehead atoms. The molecule has 0 unspecified atom stereocenters. The van der Waals surface area contributed by atoms with Crippen LogP contribution in [0.3, 0.4) is 0 Å². The SMILES string of the molecule is CC.NC(=O)c1ccnc(N)n1. The Labute approximate surface area is 70.8 Å². The lowest BCUT2D eigenvalue weighted by Crippen LogP contribution is -2.14. The molecule has 1 aromatic rings. The second-order valence-corrected chi connectivity index (χ2v) is 1.66. The zero-order valence-corrected chi connectivity index (χ0v) is 7.11. The van der Waals surface area contributed by atoms with Crippen LogP contribution in [0, 0.1) is 0 Å². The summed E-state index contributed by atoms with van der Waals surface area (Å²) in [5.74, 6) is -0.551. The summed E-state index contributed by atoms with van der Waals surface area (Å²) >= 11 is 0. The van der Waals surface area contributed by atoms with Gasteiger partial charge in [-0.15, -0.1) is 0 Å². The molecule has 4 N–H and O–H groups in total. The van der Waals surface area contributed by atoms with Crippen LogP contribution in [0.1, 0.15) is 24.3 Å². The molecule has 0 aliphatic heterocycles. The van der Waals surface area contributed by atoms with E-state index < -0.39 is 5.91 Å². The minimum absolute atomic E-state index is 0.0521. The molecule has 1 heterocycles. The first-order valence-electron chi connectivity index (χ1n) is 3.58. The monoisotopic (exact) mass is 168 g/mol.